The number of aryl methyl sites for hydroxylation is 1. The first-order chi connectivity index (χ1) is 9.06. The summed E-state index contributed by atoms with van der Waals surface area (Å²) < 4.78 is 18.4. The smallest absolute Gasteiger partial charge is 0.358 e. The van der Waals surface area contributed by atoms with Crippen LogP contribution >= 0.6 is 0 Å². The third-order valence-electron chi connectivity index (χ3n) is 2.57. The molecule has 0 radical (unpaired) electrons. The Hall–Kier alpha value is -2.44. The van der Waals surface area contributed by atoms with Crippen molar-refractivity contribution in [3.8, 4) is 17.0 Å². The molecule has 0 spiro atoms. The van der Waals surface area contributed by atoms with Gasteiger partial charge < -0.3 is 9.84 Å². The average molecular weight is 265 g/mol. The Bertz CT molecular complexity index is 625. The monoisotopic (exact) mass is 265 g/mol. The number of halogens is 1. The van der Waals surface area contributed by atoms with Gasteiger partial charge in [0, 0.05) is 5.56 Å². The molecule has 19 heavy (non-hydrogen) atoms. The molecule has 0 saturated carbocycles. The quantitative estimate of drug-likeness (QED) is 0.912. The van der Waals surface area contributed by atoms with E-state index in [4.69, 9.17) is 9.84 Å². The fraction of sp³-hybridized carbons (Fsp3) is 0.250. The van der Waals surface area contributed by atoms with Gasteiger partial charge >= 0.3 is 5.97 Å². The number of hydrogen-bond donors (Lipinski definition) is 1. The normalized spacial score (nSPS) is 10.5. The minimum Gasteiger partial charge on any atom is -0.494 e. The second-order valence-corrected chi connectivity index (χ2v) is 3.74. The average Bonchev–Trinajstić information content (AvgIpc) is 2.83. The highest BCUT2D eigenvalue weighted by Gasteiger charge is 2.19. The van der Waals surface area contributed by atoms with Crippen molar-refractivity contribution in [3.05, 3.63) is 29.7 Å². The highest BCUT2D eigenvalue weighted by atomic mass is 19.1. The van der Waals surface area contributed by atoms with Crippen molar-refractivity contribution >= 4 is 5.97 Å². The van der Waals surface area contributed by atoms with E-state index >= 15 is 0 Å². The standard InChI is InChI=1S/C12H12FN3O3/c1-3-16-14-10(11(15-16)12(17)18)7-4-5-9(19-2)8(13)6-7/h4-6H,3H2,1-2H3,(H,17,18). The topological polar surface area (TPSA) is 77.2 Å². The third kappa shape index (κ3) is 2.40. The van der Waals surface area contributed by atoms with Crippen LogP contribution in [0.3, 0.4) is 0 Å². The molecule has 7 heteroatoms. The molecule has 1 aromatic carbocycles. The van der Waals surface area contributed by atoms with Crippen LogP contribution in [0.2, 0.25) is 0 Å². The zero-order valence-electron chi connectivity index (χ0n) is 10.4. The van der Waals surface area contributed by atoms with Gasteiger partial charge in [-0.05, 0) is 25.1 Å². The van der Waals surface area contributed by atoms with Gasteiger partial charge in [-0.1, -0.05) is 0 Å². The molecule has 0 atom stereocenters. The zero-order chi connectivity index (χ0) is 14.0. The van der Waals surface area contributed by atoms with E-state index in [0.29, 0.717) is 12.1 Å². The third-order valence-corrected chi connectivity index (χ3v) is 2.57. The lowest BCUT2D eigenvalue weighted by Gasteiger charge is -2.03. The van der Waals surface area contributed by atoms with Gasteiger partial charge in [0.2, 0.25) is 0 Å². The molecule has 6 nitrogen and oxygen atoms in total. The number of hydrogen-bond acceptors (Lipinski definition) is 4. The highest BCUT2D eigenvalue weighted by Crippen LogP contribution is 2.26. The molecule has 2 aromatic rings. The van der Waals surface area contributed by atoms with Crippen LogP contribution in [0.4, 0.5) is 4.39 Å². The second-order valence-electron chi connectivity index (χ2n) is 3.74. The van der Waals surface area contributed by atoms with E-state index in [1.807, 2.05) is 0 Å². The number of ether oxygens (including phenoxy) is 1. The van der Waals surface area contributed by atoms with Crippen molar-refractivity contribution in [1.82, 2.24) is 15.0 Å². The van der Waals surface area contributed by atoms with Gasteiger partial charge in [-0.15, -0.1) is 5.10 Å². The van der Waals surface area contributed by atoms with Crippen LogP contribution in [0.1, 0.15) is 17.4 Å². The van der Waals surface area contributed by atoms with E-state index in [0.717, 1.165) is 0 Å². The van der Waals surface area contributed by atoms with Gasteiger partial charge in [0.25, 0.3) is 0 Å². The van der Waals surface area contributed by atoms with Crippen LogP contribution in [0, 0.1) is 5.82 Å². The van der Waals surface area contributed by atoms with E-state index < -0.39 is 11.8 Å². The SMILES string of the molecule is CCn1nc(C(=O)O)c(-c2ccc(OC)c(F)c2)n1. The van der Waals surface area contributed by atoms with Crippen molar-refractivity contribution in [2.75, 3.05) is 7.11 Å². The van der Waals surface area contributed by atoms with Gasteiger partial charge in [0.05, 0.1) is 13.7 Å². The van der Waals surface area contributed by atoms with E-state index in [1.165, 1.54) is 24.0 Å². The lowest BCUT2D eigenvalue weighted by molar-refractivity contribution is 0.0690. The first-order valence-corrected chi connectivity index (χ1v) is 5.59. The predicted octanol–water partition coefficient (Wildman–Crippen LogP) is 1.81. The Labute approximate surface area is 108 Å². The van der Waals surface area contributed by atoms with Gasteiger partial charge in [-0.2, -0.15) is 9.90 Å². The van der Waals surface area contributed by atoms with Crippen molar-refractivity contribution in [3.63, 3.8) is 0 Å². The number of rotatable bonds is 4. The van der Waals surface area contributed by atoms with Crippen LogP contribution in [-0.2, 0) is 6.54 Å². The number of methoxy groups -OCH3 is 1. The molecule has 0 fully saturated rings. The molecular weight excluding hydrogens is 253 g/mol. The maximum absolute atomic E-state index is 13.6. The number of nitrogens with zero attached hydrogens (tertiary/aromatic N) is 3. The minimum absolute atomic E-state index is 0.0866. The lowest BCUT2D eigenvalue weighted by Crippen LogP contribution is -2.02. The molecule has 1 heterocycles. The van der Waals surface area contributed by atoms with E-state index in [2.05, 4.69) is 10.2 Å². The van der Waals surface area contributed by atoms with Crippen molar-refractivity contribution in [2.45, 2.75) is 13.5 Å². The molecule has 100 valence electrons. The van der Waals surface area contributed by atoms with Crippen LogP contribution in [0.15, 0.2) is 18.2 Å². The van der Waals surface area contributed by atoms with Gasteiger partial charge in [0.1, 0.15) is 5.69 Å². The molecule has 0 unspecified atom stereocenters. The molecule has 1 aromatic heterocycles. The maximum Gasteiger partial charge on any atom is 0.358 e. The molecule has 2 rings (SSSR count). The molecule has 0 amide bonds. The molecule has 0 bridgehead atoms. The van der Waals surface area contributed by atoms with Crippen molar-refractivity contribution in [2.24, 2.45) is 0 Å². The van der Waals surface area contributed by atoms with Crippen LogP contribution < -0.4 is 4.74 Å². The largest absolute Gasteiger partial charge is 0.494 e. The first kappa shape index (κ1) is 13.0. The summed E-state index contributed by atoms with van der Waals surface area (Å²) in [5.41, 5.74) is 0.276. The first-order valence-electron chi connectivity index (χ1n) is 5.59. The van der Waals surface area contributed by atoms with Gasteiger partial charge in [0.15, 0.2) is 17.3 Å². The van der Waals surface area contributed by atoms with E-state index in [1.54, 1.807) is 13.0 Å². The number of carboxylic acids is 1. The van der Waals surface area contributed by atoms with Crippen LogP contribution in [0.25, 0.3) is 11.3 Å². The summed E-state index contributed by atoms with van der Waals surface area (Å²) >= 11 is 0. The molecule has 0 saturated heterocycles. The predicted molar refractivity (Wildman–Crippen MR) is 64.6 cm³/mol. The van der Waals surface area contributed by atoms with E-state index in [-0.39, 0.29) is 17.1 Å². The molecular formula is C12H12FN3O3. The highest BCUT2D eigenvalue weighted by molar-refractivity contribution is 5.92. The number of carboxylic acid groups (broad SMARTS) is 1. The Balaban J connectivity index is 2.54. The minimum atomic E-state index is -1.20. The van der Waals surface area contributed by atoms with Crippen molar-refractivity contribution < 1.29 is 19.0 Å². The summed E-state index contributed by atoms with van der Waals surface area (Å²) in [6.07, 6.45) is 0. The summed E-state index contributed by atoms with van der Waals surface area (Å²) in [5.74, 6) is -1.70. The second kappa shape index (κ2) is 5.05. The van der Waals surface area contributed by atoms with Crippen LogP contribution in [-0.4, -0.2) is 33.2 Å². The van der Waals surface area contributed by atoms with E-state index in [9.17, 15) is 9.18 Å². The summed E-state index contributed by atoms with van der Waals surface area (Å²) in [6, 6.07) is 4.13. The number of carbonyl (C=O) groups is 1. The Kier molecular flexibility index (Phi) is 3.46. The summed E-state index contributed by atoms with van der Waals surface area (Å²) in [5, 5.41) is 16.9. The van der Waals surface area contributed by atoms with Crippen molar-refractivity contribution in [1.29, 1.82) is 0 Å². The maximum atomic E-state index is 13.6. The molecule has 0 aliphatic heterocycles. The summed E-state index contributed by atoms with van der Waals surface area (Å²) in [6.45, 7) is 2.21. The summed E-state index contributed by atoms with van der Waals surface area (Å²) in [4.78, 5) is 12.3. The fourth-order valence-electron chi connectivity index (χ4n) is 1.64. The lowest BCUT2D eigenvalue weighted by atomic mass is 10.1. The Morgan fingerprint density at radius 1 is 1.47 bits per heavy atom. The Morgan fingerprint density at radius 3 is 2.74 bits per heavy atom. The summed E-state index contributed by atoms with van der Waals surface area (Å²) in [7, 11) is 1.36. The number of aromatic nitrogens is 3. The fourth-order valence-corrected chi connectivity index (χ4v) is 1.64. The van der Waals surface area contributed by atoms with Crippen LogP contribution in [0.5, 0.6) is 5.75 Å². The number of benzene rings is 1. The van der Waals surface area contributed by atoms with Gasteiger partial charge in [-0.3, -0.25) is 0 Å². The Morgan fingerprint density at radius 2 is 2.21 bits per heavy atom. The number of aromatic carboxylic acids is 1. The van der Waals surface area contributed by atoms with Gasteiger partial charge in [-0.25, -0.2) is 9.18 Å². The zero-order valence-corrected chi connectivity index (χ0v) is 10.4. The molecule has 0 aliphatic rings. The molecule has 0 aliphatic carbocycles. The molecule has 1 N–H and O–H groups in total.